The summed E-state index contributed by atoms with van der Waals surface area (Å²) in [5.74, 6) is 0. The van der Waals surface area contributed by atoms with E-state index < -0.39 is 0 Å². The molecule has 1 heterocycles. The monoisotopic (exact) mass is 127 g/mol. The van der Waals surface area contributed by atoms with Gasteiger partial charge >= 0.3 is 0 Å². The van der Waals surface area contributed by atoms with Gasteiger partial charge in [0, 0.05) is 16.8 Å². The molecule has 44 valence electrons. The second kappa shape index (κ2) is 2.27. The topological polar surface area (TPSA) is 15.8 Å². The van der Waals surface area contributed by atoms with Crippen molar-refractivity contribution < 1.29 is 0 Å². The van der Waals surface area contributed by atoms with Crippen molar-refractivity contribution in [2.75, 3.05) is 6.26 Å². The van der Waals surface area contributed by atoms with Crippen LogP contribution in [0.3, 0.4) is 0 Å². The van der Waals surface area contributed by atoms with Gasteiger partial charge in [-0.1, -0.05) is 0 Å². The van der Waals surface area contributed by atoms with E-state index in [0.29, 0.717) is 0 Å². The molecular formula is C6H9NS. The standard InChI is InChI=1S/C6H9NS/c1-5-3-6(8-2)4-7-5/h3-4,7H,1-2H3. The highest BCUT2D eigenvalue weighted by molar-refractivity contribution is 7.98. The van der Waals surface area contributed by atoms with Gasteiger partial charge in [0.05, 0.1) is 0 Å². The lowest BCUT2D eigenvalue weighted by Gasteiger charge is -1.79. The van der Waals surface area contributed by atoms with Crippen LogP contribution in [0.5, 0.6) is 0 Å². The van der Waals surface area contributed by atoms with Crippen LogP contribution in [0.15, 0.2) is 17.2 Å². The van der Waals surface area contributed by atoms with Crippen molar-refractivity contribution in [3.05, 3.63) is 18.0 Å². The molecule has 1 aromatic heterocycles. The van der Waals surface area contributed by atoms with Crippen molar-refractivity contribution in [2.24, 2.45) is 0 Å². The third kappa shape index (κ3) is 1.07. The first kappa shape index (κ1) is 5.76. The number of rotatable bonds is 1. The molecule has 1 nitrogen and oxygen atoms in total. The molecule has 2 heteroatoms. The fraction of sp³-hybridized carbons (Fsp3) is 0.333. The SMILES string of the molecule is CSc1c[nH]c(C)c1. The molecule has 1 rings (SSSR count). The number of nitrogens with one attached hydrogen (secondary N) is 1. The highest BCUT2D eigenvalue weighted by Crippen LogP contribution is 2.13. The second-order valence-electron chi connectivity index (χ2n) is 1.72. The molecule has 1 aromatic rings. The zero-order valence-electron chi connectivity index (χ0n) is 5.06. The maximum atomic E-state index is 3.10. The van der Waals surface area contributed by atoms with E-state index in [1.165, 1.54) is 10.6 Å². The molecule has 0 radical (unpaired) electrons. The van der Waals surface area contributed by atoms with Crippen molar-refractivity contribution in [3.8, 4) is 0 Å². The molecule has 0 unspecified atom stereocenters. The number of aromatic nitrogens is 1. The summed E-state index contributed by atoms with van der Waals surface area (Å²) in [6.07, 6.45) is 4.09. The van der Waals surface area contributed by atoms with E-state index in [1.54, 1.807) is 11.8 Å². The molecule has 0 aliphatic rings. The van der Waals surface area contributed by atoms with Gasteiger partial charge in [-0.25, -0.2) is 0 Å². The predicted octanol–water partition coefficient (Wildman–Crippen LogP) is 2.05. The molecular weight excluding hydrogens is 118 g/mol. The lowest BCUT2D eigenvalue weighted by atomic mass is 10.5. The maximum absolute atomic E-state index is 3.10. The molecule has 0 aliphatic carbocycles. The van der Waals surface area contributed by atoms with Gasteiger partial charge in [-0.3, -0.25) is 0 Å². The summed E-state index contributed by atoms with van der Waals surface area (Å²) in [6, 6.07) is 2.13. The molecule has 0 saturated carbocycles. The zero-order chi connectivity index (χ0) is 5.98. The van der Waals surface area contributed by atoms with Gasteiger partial charge < -0.3 is 4.98 Å². The van der Waals surface area contributed by atoms with Gasteiger partial charge in [0.15, 0.2) is 0 Å². The number of hydrogen-bond acceptors (Lipinski definition) is 1. The van der Waals surface area contributed by atoms with Crippen LogP contribution >= 0.6 is 11.8 Å². The van der Waals surface area contributed by atoms with E-state index in [4.69, 9.17) is 0 Å². The van der Waals surface area contributed by atoms with Gasteiger partial charge in [-0.15, -0.1) is 11.8 Å². The average Bonchev–Trinajstić information content (AvgIpc) is 2.14. The van der Waals surface area contributed by atoms with Gasteiger partial charge in [-0.05, 0) is 19.2 Å². The fourth-order valence-corrected chi connectivity index (χ4v) is 1.07. The van der Waals surface area contributed by atoms with Gasteiger partial charge in [-0.2, -0.15) is 0 Å². The average molecular weight is 127 g/mol. The minimum atomic E-state index is 1.23. The Morgan fingerprint density at radius 3 is 2.62 bits per heavy atom. The third-order valence-electron chi connectivity index (χ3n) is 1.04. The maximum Gasteiger partial charge on any atom is 0.0246 e. The molecule has 0 aliphatic heterocycles. The van der Waals surface area contributed by atoms with Crippen molar-refractivity contribution in [3.63, 3.8) is 0 Å². The smallest absolute Gasteiger partial charge is 0.0246 e. The molecule has 0 aromatic carbocycles. The summed E-state index contributed by atoms with van der Waals surface area (Å²) in [5, 5.41) is 0. The van der Waals surface area contributed by atoms with Crippen molar-refractivity contribution >= 4 is 11.8 Å². The van der Waals surface area contributed by atoms with Crippen LogP contribution in [0, 0.1) is 6.92 Å². The molecule has 8 heavy (non-hydrogen) atoms. The number of thioether (sulfide) groups is 1. The van der Waals surface area contributed by atoms with Crippen LogP contribution in [0.4, 0.5) is 0 Å². The molecule has 1 N–H and O–H groups in total. The quantitative estimate of drug-likeness (QED) is 0.571. The minimum Gasteiger partial charge on any atom is -0.364 e. The van der Waals surface area contributed by atoms with E-state index in [1.807, 2.05) is 6.20 Å². The lowest BCUT2D eigenvalue weighted by molar-refractivity contribution is 1.26. The van der Waals surface area contributed by atoms with Gasteiger partial charge in [0.1, 0.15) is 0 Å². The fourth-order valence-electron chi connectivity index (χ4n) is 0.600. The molecule has 0 amide bonds. The van der Waals surface area contributed by atoms with Crippen LogP contribution in [-0.2, 0) is 0 Å². The zero-order valence-corrected chi connectivity index (χ0v) is 5.88. The van der Waals surface area contributed by atoms with E-state index in [0.717, 1.165) is 0 Å². The Morgan fingerprint density at radius 2 is 2.38 bits per heavy atom. The Labute approximate surface area is 53.5 Å². The number of aromatic amines is 1. The molecule has 0 atom stereocenters. The molecule has 0 saturated heterocycles. The Balaban J connectivity index is 2.84. The highest BCUT2D eigenvalue weighted by atomic mass is 32.2. The molecule has 0 fully saturated rings. The Morgan fingerprint density at radius 1 is 1.62 bits per heavy atom. The summed E-state index contributed by atoms with van der Waals surface area (Å²) in [4.78, 5) is 4.41. The van der Waals surface area contributed by atoms with E-state index in [-0.39, 0.29) is 0 Å². The van der Waals surface area contributed by atoms with Crippen LogP contribution in [0.25, 0.3) is 0 Å². The minimum absolute atomic E-state index is 1.23. The van der Waals surface area contributed by atoms with E-state index in [2.05, 4.69) is 24.2 Å². The number of hydrogen-bond donors (Lipinski definition) is 1. The Kier molecular flexibility index (Phi) is 1.63. The van der Waals surface area contributed by atoms with Crippen LogP contribution in [-0.4, -0.2) is 11.2 Å². The lowest BCUT2D eigenvalue weighted by Crippen LogP contribution is -1.59. The third-order valence-corrected chi connectivity index (χ3v) is 1.74. The Bertz CT molecular complexity index is 169. The first-order valence-corrected chi connectivity index (χ1v) is 3.74. The Hall–Kier alpha value is -0.370. The predicted molar refractivity (Wildman–Crippen MR) is 37.3 cm³/mol. The van der Waals surface area contributed by atoms with Gasteiger partial charge in [0.2, 0.25) is 0 Å². The van der Waals surface area contributed by atoms with Crippen molar-refractivity contribution in [1.82, 2.24) is 4.98 Å². The van der Waals surface area contributed by atoms with E-state index in [9.17, 15) is 0 Å². The first-order valence-electron chi connectivity index (χ1n) is 2.52. The van der Waals surface area contributed by atoms with Crippen molar-refractivity contribution in [1.29, 1.82) is 0 Å². The largest absolute Gasteiger partial charge is 0.364 e. The van der Waals surface area contributed by atoms with Crippen molar-refractivity contribution in [2.45, 2.75) is 11.8 Å². The van der Waals surface area contributed by atoms with Crippen LogP contribution in [0.2, 0.25) is 0 Å². The van der Waals surface area contributed by atoms with Crippen LogP contribution < -0.4 is 0 Å². The highest BCUT2D eigenvalue weighted by Gasteiger charge is 1.88. The number of H-pyrrole nitrogens is 1. The summed E-state index contributed by atoms with van der Waals surface area (Å²) in [6.45, 7) is 2.06. The molecule has 0 spiro atoms. The first-order chi connectivity index (χ1) is 3.83. The summed E-state index contributed by atoms with van der Waals surface area (Å²) in [7, 11) is 0. The number of aryl methyl sites for hydroxylation is 1. The summed E-state index contributed by atoms with van der Waals surface area (Å²) < 4.78 is 0. The summed E-state index contributed by atoms with van der Waals surface area (Å²) >= 11 is 1.76. The normalized spacial score (nSPS) is 9.75. The molecule has 0 bridgehead atoms. The van der Waals surface area contributed by atoms with Gasteiger partial charge in [0.25, 0.3) is 0 Å². The summed E-state index contributed by atoms with van der Waals surface area (Å²) in [5.41, 5.74) is 1.23. The second-order valence-corrected chi connectivity index (χ2v) is 2.60. The van der Waals surface area contributed by atoms with E-state index >= 15 is 0 Å². The van der Waals surface area contributed by atoms with Crippen LogP contribution in [0.1, 0.15) is 5.69 Å².